The first kappa shape index (κ1) is 13.3. The van der Waals surface area contributed by atoms with E-state index in [4.69, 9.17) is 0 Å². The van der Waals surface area contributed by atoms with Gasteiger partial charge in [0.2, 0.25) is 0 Å². The lowest BCUT2D eigenvalue weighted by atomic mass is 10.1. The molecule has 0 bridgehead atoms. The van der Waals surface area contributed by atoms with E-state index in [1.165, 1.54) is 17.5 Å². The fourth-order valence-corrected chi connectivity index (χ4v) is 2.90. The van der Waals surface area contributed by atoms with Gasteiger partial charge in [0.05, 0.1) is 0 Å². The maximum atomic E-state index is 3.48. The van der Waals surface area contributed by atoms with Gasteiger partial charge in [-0.25, -0.2) is 0 Å². The molecule has 2 nitrogen and oxygen atoms in total. The van der Waals surface area contributed by atoms with E-state index in [0.29, 0.717) is 6.04 Å². The standard InChI is InChI=1S/C18H22N2/c1-3-7-16(8-4-1)14-20(18-11-12-19-13-18)15-17-9-5-2-6-10-17/h1-10,18-19H,11-15H2/t18-/m0/s1. The third-order valence-corrected chi connectivity index (χ3v) is 4.01. The van der Waals surface area contributed by atoms with E-state index in [1.807, 2.05) is 0 Å². The molecule has 2 heteroatoms. The fraction of sp³-hybridized carbons (Fsp3) is 0.333. The van der Waals surface area contributed by atoms with Gasteiger partial charge in [0.25, 0.3) is 0 Å². The third-order valence-electron chi connectivity index (χ3n) is 4.01. The van der Waals surface area contributed by atoms with E-state index in [2.05, 4.69) is 70.9 Å². The highest BCUT2D eigenvalue weighted by Crippen LogP contribution is 2.17. The minimum Gasteiger partial charge on any atom is -0.315 e. The Morgan fingerprint density at radius 2 is 1.40 bits per heavy atom. The van der Waals surface area contributed by atoms with E-state index >= 15 is 0 Å². The van der Waals surface area contributed by atoms with Crippen molar-refractivity contribution in [2.24, 2.45) is 0 Å². The Labute approximate surface area is 121 Å². The van der Waals surface area contributed by atoms with Crippen molar-refractivity contribution in [3.8, 4) is 0 Å². The molecule has 0 radical (unpaired) electrons. The molecule has 1 N–H and O–H groups in total. The van der Waals surface area contributed by atoms with Crippen LogP contribution >= 0.6 is 0 Å². The van der Waals surface area contributed by atoms with Crippen molar-refractivity contribution < 1.29 is 0 Å². The summed E-state index contributed by atoms with van der Waals surface area (Å²) in [4.78, 5) is 2.60. The van der Waals surface area contributed by atoms with E-state index in [1.54, 1.807) is 0 Å². The molecular weight excluding hydrogens is 244 g/mol. The van der Waals surface area contributed by atoms with Crippen molar-refractivity contribution in [3.63, 3.8) is 0 Å². The summed E-state index contributed by atoms with van der Waals surface area (Å²) in [6, 6.07) is 22.2. The Hall–Kier alpha value is -1.64. The quantitative estimate of drug-likeness (QED) is 0.895. The van der Waals surface area contributed by atoms with Crippen LogP contribution in [0.3, 0.4) is 0 Å². The van der Waals surface area contributed by atoms with Gasteiger partial charge in [-0.15, -0.1) is 0 Å². The number of nitrogens with zero attached hydrogens (tertiary/aromatic N) is 1. The number of hydrogen-bond acceptors (Lipinski definition) is 2. The first-order valence-corrected chi connectivity index (χ1v) is 7.44. The lowest BCUT2D eigenvalue weighted by Gasteiger charge is -2.28. The molecule has 2 aromatic carbocycles. The second-order valence-corrected chi connectivity index (χ2v) is 5.52. The van der Waals surface area contributed by atoms with Crippen molar-refractivity contribution in [1.82, 2.24) is 10.2 Å². The first-order valence-electron chi connectivity index (χ1n) is 7.44. The number of hydrogen-bond donors (Lipinski definition) is 1. The number of nitrogens with one attached hydrogen (secondary N) is 1. The topological polar surface area (TPSA) is 15.3 Å². The van der Waals surface area contributed by atoms with E-state index in [-0.39, 0.29) is 0 Å². The summed E-state index contributed by atoms with van der Waals surface area (Å²) < 4.78 is 0. The highest BCUT2D eigenvalue weighted by Gasteiger charge is 2.22. The van der Waals surface area contributed by atoms with Crippen molar-refractivity contribution in [1.29, 1.82) is 0 Å². The van der Waals surface area contributed by atoms with Crippen molar-refractivity contribution in [2.75, 3.05) is 13.1 Å². The minimum absolute atomic E-state index is 0.649. The molecule has 2 aromatic rings. The van der Waals surface area contributed by atoms with Crippen LogP contribution < -0.4 is 5.32 Å². The summed E-state index contributed by atoms with van der Waals surface area (Å²) in [5.41, 5.74) is 2.80. The van der Waals surface area contributed by atoms with E-state index in [9.17, 15) is 0 Å². The van der Waals surface area contributed by atoms with Crippen LogP contribution in [0.5, 0.6) is 0 Å². The van der Waals surface area contributed by atoms with Gasteiger partial charge in [0.1, 0.15) is 0 Å². The molecule has 1 heterocycles. The molecule has 1 aliphatic heterocycles. The average molecular weight is 266 g/mol. The molecule has 20 heavy (non-hydrogen) atoms. The van der Waals surface area contributed by atoms with Gasteiger partial charge < -0.3 is 5.32 Å². The SMILES string of the molecule is c1ccc(CN(Cc2ccccc2)[C@H]2CCNC2)cc1. The van der Waals surface area contributed by atoms with Crippen LogP contribution in [0.2, 0.25) is 0 Å². The predicted octanol–water partition coefficient (Wildman–Crippen LogP) is 3.05. The van der Waals surface area contributed by atoms with Crippen LogP contribution in [0.4, 0.5) is 0 Å². The smallest absolute Gasteiger partial charge is 0.0240 e. The molecule has 0 unspecified atom stereocenters. The fourth-order valence-electron chi connectivity index (χ4n) is 2.90. The molecule has 1 atom stereocenters. The van der Waals surface area contributed by atoms with Crippen LogP contribution in [-0.4, -0.2) is 24.0 Å². The molecule has 0 amide bonds. The average Bonchev–Trinajstić information content (AvgIpc) is 3.03. The monoisotopic (exact) mass is 266 g/mol. The van der Waals surface area contributed by atoms with Crippen molar-refractivity contribution in [3.05, 3.63) is 71.8 Å². The van der Waals surface area contributed by atoms with Gasteiger partial charge in [-0.05, 0) is 24.1 Å². The summed E-state index contributed by atoms with van der Waals surface area (Å²) in [6.45, 7) is 4.31. The Kier molecular flexibility index (Phi) is 4.46. The van der Waals surface area contributed by atoms with Crippen molar-refractivity contribution in [2.45, 2.75) is 25.6 Å². The molecule has 0 aliphatic carbocycles. The van der Waals surface area contributed by atoms with Gasteiger partial charge in [-0.2, -0.15) is 0 Å². The summed E-state index contributed by atoms with van der Waals surface area (Å²) in [7, 11) is 0. The summed E-state index contributed by atoms with van der Waals surface area (Å²) >= 11 is 0. The maximum Gasteiger partial charge on any atom is 0.0240 e. The Morgan fingerprint density at radius 1 is 0.850 bits per heavy atom. The summed E-state index contributed by atoms with van der Waals surface area (Å²) in [5.74, 6) is 0. The summed E-state index contributed by atoms with van der Waals surface area (Å²) in [6.07, 6.45) is 1.25. The molecule has 0 spiro atoms. The zero-order valence-corrected chi connectivity index (χ0v) is 11.8. The molecule has 1 aliphatic rings. The zero-order chi connectivity index (χ0) is 13.6. The Bertz CT molecular complexity index is 462. The Morgan fingerprint density at radius 3 is 1.85 bits per heavy atom. The lowest BCUT2D eigenvalue weighted by Crippen LogP contribution is -2.35. The third kappa shape index (κ3) is 3.47. The van der Waals surface area contributed by atoms with Gasteiger partial charge in [0, 0.05) is 25.7 Å². The molecule has 3 rings (SSSR count). The molecule has 0 aromatic heterocycles. The molecule has 1 fully saturated rings. The molecule has 0 saturated carbocycles. The minimum atomic E-state index is 0.649. The summed E-state index contributed by atoms with van der Waals surface area (Å²) in [5, 5.41) is 3.48. The number of benzene rings is 2. The molecule has 104 valence electrons. The van der Waals surface area contributed by atoms with Crippen LogP contribution in [0.15, 0.2) is 60.7 Å². The largest absolute Gasteiger partial charge is 0.315 e. The first-order chi connectivity index (χ1) is 9.92. The van der Waals surface area contributed by atoms with Gasteiger partial charge in [0.15, 0.2) is 0 Å². The van der Waals surface area contributed by atoms with Crippen LogP contribution in [0.25, 0.3) is 0 Å². The molecule has 1 saturated heterocycles. The predicted molar refractivity (Wildman–Crippen MR) is 83.4 cm³/mol. The maximum absolute atomic E-state index is 3.48. The highest BCUT2D eigenvalue weighted by molar-refractivity contribution is 5.17. The van der Waals surface area contributed by atoms with E-state index < -0.39 is 0 Å². The number of rotatable bonds is 5. The van der Waals surface area contributed by atoms with Crippen LogP contribution in [0, 0.1) is 0 Å². The highest BCUT2D eigenvalue weighted by atomic mass is 15.2. The molecular formula is C18H22N2. The van der Waals surface area contributed by atoms with Gasteiger partial charge >= 0.3 is 0 Å². The van der Waals surface area contributed by atoms with E-state index in [0.717, 1.165) is 26.2 Å². The van der Waals surface area contributed by atoms with Gasteiger partial charge in [-0.3, -0.25) is 4.90 Å². The second kappa shape index (κ2) is 6.69. The normalized spacial score (nSPS) is 18.6. The van der Waals surface area contributed by atoms with Crippen LogP contribution in [-0.2, 0) is 13.1 Å². The van der Waals surface area contributed by atoms with Crippen LogP contribution in [0.1, 0.15) is 17.5 Å². The lowest BCUT2D eigenvalue weighted by molar-refractivity contribution is 0.190. The second-order valence-electron chi connectivity index (χ2n) is 5.52. The Balaban J connectivity index is 1.73. The van der Waals surface area contributed by atoms with Crippen molar-refractivity contribution >= 4 is 0 Å². The zero-order valence-electron chi connectivity index (χ0n) is 11.8. The van der Waals surface area contributed by atoms with Gasteiger partial charge in [-0.1, -0.05) is 60.7 Å².